The highest BCUT2D eigenvalue weighted by atomic mass is 79.9. The topological polar surface area (TPSA) is 65.5 Å². The average Bonchev–Trinajstić information content (AvgIpc) is 2.66. The average molecular weight is 403 g/mol. The maximum absolute atomic E-state index is 12.3. The Morgan fingerprint density at radius 2 is 1.88 bits per heavy atom. The fourth-order valence-electron chi connectivity index (χ4n) is 2.73. The number of anilines is 1. The highest BCUT2D eigenvalue weighted by Crippen LogP contribution is 2.13. The predicted molar refractivity (Wildman–Crippen MR) is 99.5 cm³/mol. The highest BCUT2D eigenvalue weighted by Gasteiger charge is 2.22. The van der Waals surface area contributed by atoms with Crippen molar-refractivity contribution >= 4 is 33.6 Å². The zero-order valence-electron chi connectivity index (χ0n) is 13.7. The lowest BCUT2D eigenvalue weighted by Gasteiger charge is -2.35. The van der Waals surface area contributed by atoms with Gasteiger partial charge in [-0.15, -0.1) is 0 Å². The first kappa shape index (κ1) is 17.4. The second-order valence-electron chi connectivity index (χ2n) is 5.75. The SMILES string of the molecule is O=C(NCC(=O)N1CCN(c2ccccn2)CC1)c1cccc(Br)c1. The Bertz CT molecular complexity index is 746. The van der Waals surface area contributed by atoms with Crippen molar-refractivity contribution in [2.24, 2.45) is 0 Å². The monoisotopic (exact) mass is 402 g/mol. The minimum absolute atomic E-state index is 0.00886. The number of pyridine rings is 1. The molecule has 6 nitrogen and oxygen atoms in total. The Hall–Kier alpha value is -2.41. The number of piperazine rings is 1. The summed E-state index contributed by atoms with van der Waals surface area (Å²) in [5.41, 5.74) is 0.530. The number of rotatable bonds is 4. The fourth-order valence-corrected chi connectivity index (χ4v) is 3.12. The normalized spacial score (nSPS) is 14.3. The number of aromatic nitrogens is 1. The van der Waals surface area contributed by atoms with Crippen LogP contribution in [0.3, 0.4) is 0 Å². The van der Waals surface area contributed by atoms with Crippen molar-refractivity contribution in [3.63, 3.8) is 0 Å². The number of hydrogen-bond acceptors (Lipinski definition) is 4. The summed E-state index contributed by atoms with van der Waals surface area (Å²) in [4.78, 5) is 32.7. The molecule has 1 aliphatic heterocycles. The van der Waals surface area contributed by atoms with Gasteiger partial charge in [0, 0.05) is 42.4 Å². The van der Waals surface area contributed by atoms with Crippen LogP contribution in [0.5, 0.6) is 0 Å². The highest BCUT2D eigenvalue weighted by molar-refractivity contribution is 9.10. The van der Waals surface area contributed by atoms with Gasteiger partial charge in [0.25, 0.3) is 5.91 Å². The van der Waals surface area contributed by atoms with E-state index in [1.54, 1.807) is 29.3 Å². The van der Waals surface area contributed by atoms with Gasteiger partial charge in [-0.3, -0.25) is 9.59 Å². The van der Waals surface area contributed by atoms with Gasteiger partial charge in [-0.1, -0.05) is 28.1 Å². The molecular weight excluding hydrogens is 384 g/mol. The van der Waals surface area contributed by atoms with Gasteiger partial charge in [-0.2, -0.15) is 0 Å². The Labute approximate surface area is 155 Å². The first-order chi connectivity index (χ1) is 12.1. The van der Waals surface area contributed by atoms with Crippen LogP contribution >= 0.6 is 15.9 Å². The van der Waals surface area contributed by atoms with Crippen molar-refractivity contribution in [2.75, 3.05) is 37.6 Å². The lowest BCUT2D eigenvalue weighted by molar-refractivity contribution is -0.130. The Morgan fingerprint density at radius 1 is 1.08 bits per heavy atom. The minimum atomic E-state index is -0.248. The molecule has 2 amide bonds. The minimum Gasteiger partial charge on any atom is -0.353 e. The molecule has 0 aliphatic carbocycles. The van der Waals surface area contributed by atoms with Gasteiger partial charge in [0.1, 0.15) is 5.82 Å². The fraction of sp³-hybridized carbons (Fsp3) is 0.278. The van der Waals surface area contributed by atoms with E-state index in [4.69, 9.17) is 0 Å². The van der Waals surface area contributed by atoms with Crippen LogP contribution in [0.2, 0.25) is 0 Å². The maximum Gasteiger partial charge on any atom is 0.251 e. The van der Waals surface area contributed by atoms with Gasteiger partial charge in [0.15, 0.2) is 0 Å². The molecule has 1 aliphatic rings. The van der Waals surface area contributed by atoms with Gasteiger partial charge in [-0.05, 0) is 30.3 Å². The molecule has 0 saturated carbocycles. The number of carbonyl (C=O) groups excluding carboxylic acids is 2. The Balaban J connectivity index is 1.47. The van der Waals surface area contributed by atoms with Crippen LogP contribution in [0.15, 0.2) is 53.1 Å². The van der Waals surface area contributed by atoms with Gasteiger partial charge < -0.3 is 15.1 Å². The summed E-state index contributed by atoms with van der Waals surface area (Å²) in [6.07, 6.45) is 1.77. The number of carbonyl (C=O) groups is 2. The number of nitrogens with one attached hydrogen (secondary N) is 1. The van der Waals surface area contributed by atoms with E-state index in [0.717, 1.165) is 23.4 Å². The summed E-state index contributed by atoms with van der Waals surface area (Å²) in [5, 5.41) is 2.69. The molecule has 130 valence electrons. The van der Waals surface area contributed by atoms with Crippen LogP contribution in [0.4, 0.5) is 5.82 Å². The molecule has 2 heterocycles. The number of hydrogen-bond donors (Lipinski definition) is 1. The van der Waals surface area contributed by atoms with Crippen molar-refractivity contribution in [3.8, 4) is 0 Å². The maximum atomic E-state index is 12.3. The lowest BCUT2D eigenvalue weighted by atomic mass is 10.2. The predicted octanol–water partition coefficient (Wildman–Crippen LogP) is 1.92. The molecule has 0 unspecified atom stereocenters. The number of nitrogens with zero attached hydrogens (tertiary/aromatic N) is 3. The summed E-state index contributed by atoms with van der Waals surface area (Å²) in [5.74, 6) is 0.614. The van der Waals surface area contributed by atoms with Crippen LogP contribution in [-0.2, 0) is 4.79 Å². The molecular formula is C18H19BrN4O2. The smallest absolute Gasteiger partial charge is 0.251 e. The van der Waals surface area contributed by atoms with E-state index >= 15 is 0 Å². The number of halogens is 1. The third-order valence-electron chi connectivity index (χ3n) is 4.09. The van der Waals surface area contributed by atoms with Crippen LogP contribution in [0, 0.1) is 0 Å². The largest absolute Gasteiger partial charge is 0.353 e. The van der Waals surface area contributed by atoms with Crippen molar-refractivity contribution < 1.29 is 9.59 Å². The van der Waals surface area contributed by atoms with Crippen LogP contribution in [-0.4, -0.2) is 54.4 Å². The zero-order chi connectivity index (χ0) is 17.6. The molecule has 0 radical (unpaired) electrons. The second-order valence-corrected chi connectivity index (χ2v) is 6.66. The molecule has 1 aromatic heterocycles. The van der Waals surface area contributed by atoms with Crippen LogP contribution < -0.4 is 10.2 Å². The number of benzene rings is 1. The van der Waals surface area contributed by atoms with Crippen molar-refractivity contribution in [3.05, 3.63) is 58.7 Å². The van der Waals surface area contributed by atoms with Crippen LogP contribution in [0.1, 0.15) is 10.4 Å². The van der Waals surface area contributed by atoms with E-state index in [0.29, 0.717) is 18.7 Å². The molecule has 1 aromatic carbocycles. The van der Waals surface area contributed by atoms with Gasteiger partial charge in [0.05, 0.1) is 6.54 Å². The van der Waals surface area contributed by atoms with Crippen molar-refractivity contribution in [2.45, 2.75) is 0 Å². The second kappa shape index (κ2) is 8.11. The van der Waals surface area contributed by atoms with Crippen molar-refractivity contribution in [1.29, 1.82) is 0 Å². The zero-order valence-corrected chi connectivity index (χ0v) is 15.3. The molecule has 0 atom stereocenters. The summed E-state index contributed by atoms with van der Waals surface area (Å²) in [7, 11) is 0. The quantitative estimate of drug-likeness (QED) is 0.848. The molecule has 0 bridgehead atoms. The molecule has 3 rings (SSSR count). The van der Waals surface area contributed by atoms with Gasteiger partial charge in [-0.25, -0.2) is 4.98 Å². The van der Waals surface area contributed by atoms with E-state index < -0.39 is 0 Å². The summed E-state index contributed by atoms with van der Waals surface area (Å²) in [6, 6.07) is 12.9. The standard InChI is InChI=1S/C18H19BrN4O2/c19-15-5-3-4-14(12-15)18(25)21-13-17(24)23-10-8-22(9-11-23)16-6-1-2-7-20-16/h1-7,12H,8-11,13H2,(H,21,25). The first-order valence-corrected chi connectivity index (χ1v) is 8.90. The molecule has 7 heteroatoms. The molecule has 1 fully saturated rings. The van der Waals surface area contributed by atoms with E-state index in [1.165, 1.54) is 0 Å². The molecule has 0 spiro atoms. The summed E-state index contributed by atoms with van der Waals surface area (Å²) in [6.45, 7) is 2.74. The third kappa shape index (κ3) is 4.57. The van der Waals surface area contributed by atoms with E-state index in [-0.39, 0.29) is 18.4 Å². The Morgan fingerprint density at radius 3 is 2.56 bits per heavy atom. The molecule has 25 heavy (non-hydrogen) atoms. The van der Waals surface area contributed by atoms with E-state index in [2.05, 4.69) is 31.1 Å². The van der Waals surface area contributed by atoms with E-state index in [9.17, 15) is 9.59 Å². The summed E-state index contributed by atoms with van der Waals surface area (Å²) >= 11 is 3.33. The molecule has 1 saturated heterocycles. The van der Waals surface area contributed by atoms with Gasteiger partial charge >= 0.3 is 0 Å². The number of amides is 2. The Kier molecular flexibility index (Phi) is 5.65. The summed E-state index contributed by atoms with van der Waals surface area (Å²) < 4.78 is 0.831. The lowest BCUT2D eigenvalue weighted by Crippen LogP contribution is -2.51. The van der Waals surface area contributed by atoms with Crippen LogP contribution in [0.25, 0.3) is 0 Å². The van der Waals surface area contributed by atoms with E-state index in [1.807, 2.05) is 24.3 Å². The molecule has 2 aromatic rings. The van der Waals surface area contributed by atoms with Crippen molar-refractivity contribution in [1.82, 2.24) is 15.2 Å². The third-order valence-corrected chi connectivity index (χ3v) is 4.59. The molecule has 1 N–H and O–H groups in total. The van der Waals surface area contributed by atoms with Gasteiger partial charge in [0.2, 0.25) is 5.91 Å². The first-order valence-electron chi connectivity index (χ1n) is 8.11.